The number of hydrogen-bond acceptors (Lipinski definition) is 11. The normalized spacial score (nSPS) is 38.4. The highest BCUT2D eigenvalue weighted by Gasteiger charge is 2.69. The maximum atomic E-state index is 13.3. The first-order valence-electron chi connectivity index (χ1n) is 14.5. The van der Waals surface area contributed by atoms with E-state index in [0.29, 0.717) is 18.4 Å². The number of carbonyl (C=O) groups excluding carboxylic acids is 5. The fraction of sp³-hybridized carbons (Fsp3) is 0.710. The number of hydrogen-bond donors (Lipinski definition) is 1. The lowest BCUT2D eigenvalue weighted by Gasteiger charge is -2.57. The van der Waals surface area contributed by atoms with Crippen LogP contribution in [0.2, 0.25) is 0 Å². The lowest BCUT2D eigenvalue weighted by molar-refractivity contribution is -0.236. The molecule has 1 heterocycles. The summed E-state index contributed by atoms with van der Waals surface area (Å²) in [6.45, 7) is 16.4. The zero-order valence-electron chi connectivity index (χ0n) is 25.8. The highest BCUT2D eigenvalue weighted by Crippen LogP contribution is 2.56. The summed E-state index contributed by atoms with van der Waals surface area (Å²) in [5, 5.41) is 12.4. The topological polar surface area (TPSA) is 152 Å². The van der Waals surface area contributed by atoms with Crippen LogP contribution in [0, 0.1) is 23.2 Å². The van der Waals surface area contributed by atoms with Gasteiger partial charge in [-0.3, -0.25) is 24.0 Å². The van der Waals surface area contributed by atoms with Gasteiger partial charge < -0.3 is 28.8 Å². The lowest BCUT2D eigenvalue weighted by Crippen LogP contribution is -2.68. The Balaban J connectivity index is 2.40. The average Bonchev–Trinajstić information content (AvgIpc) is 3.10. The van der Waals surface area contributed by atoms with Crippen molar-refractivity contribution in [2.24, 2.45) is 23.2 Å². The first-order chi connectivity index (χ1) is 19.5. The van der Waals surface area contributed by atoms with Gasteiger partial charge in [0.1, 0.15) is 24.4 Å². The fourth-order valence-electron chi connectivity index (χ4n) is 6.69. The molecule has 3 rings (SSSR count). The van der Waals surface area contributed by atoms with Gasteiger partial charge in [-0.05, 0) is 39.2 Å². The number of esters is 5. The second-order valence-electron chi connectivity index (χ2n) is 12.2. The number of rotatable bonds is 6. The predicted octanol–water partition coefficient (Wildman–Crippen LogP) is 3.35. The molecule has 0 amide bonds. The highest BCUT2D eigenvalue weighted by atomic mass is 16.6. The van der Waals surface area contributed by atoms with Crippen molar-refractivity contribution in [1.29, 1.82) is 0 Å². The van der Waals surface area contributed by atoms with Gasteiger partial charge in [0.15, 0.2) is 11.7 Å². The minimum Gasteiger partial charge on any atom is -0.461 e. The Morgan fingerprint density at radius 2 is 1.64 bits per heavy atom. The van der Waals surface area contributed by atoms with Crippen LogP contribution in [-0.2, 0) is 47.7 Å². The molecule has 1 saturated carbocycles. The fourth-order valence-corrected chi connectivity index (χ4v) is 6.69. The Morgan fingerprint density at radius 1 is 1.07 bits per heavy atom. The van der Waals surface area contributed by atoms with Crippen molar-refractivity contribution in [2.45, 2.75) is 117 Å². The standard InChI is InChI=1S/C31H44O11/c1-10-16(3)28(35)41-23-12-11-15(2)13-24-31(37,18(5)29(36)42-24)27(40-21(8)34)25-17(4)14-22(38-19(6)32)26(30(23,25)9)39-20(7)33/h13,16,18,22-27,37H,4,10-12,14H2,1-3,5-9H3/b15-13-/t16?,18-,22-,23-,24-,25+,26-,27-,30+,31-/m0/s1. The molecule has 0 radical (unpaired) electrons. The number of aliphatic hydroxyl groups is 1. The molecular weight excluding hydrogens is 548 g/mol. The summed E-state index contributed by atoms with van der Waals surface area (Å²) in [5.41, 5.74) is -2.42. The largest absolute Gasteiger partial charge is 0.461 e. The number of carbonyl (C=O) groups is 5. The van der Waals surface area contributed by atoms with E-state index in [-0.39, 0.29) is 12.8 Å². The molecule has 0 aromatic carbocycles. The predicted molar refractivity (Wildman–Crippen MR) is 148 cm³/mol. The Hall–Kier alpha value is -3.21. The molecule has 1 N–H and O–H groups in total. The third-order valence-corrected chi connectivity index (χ3v) is 9.14. The summed E-state index contributed by atoms with van der Waals surface area (Å²) in [6.07, 6.45) is -3.13. The molecule has 0 aromatic heterocycles. The number of allylic oxidation sites excluding steroid dienone is 1. The van der Waals surface area contributed by atoms with E-state index in [1.165, 1.54) is 27.7 Å². The van der Waals surface area contributed by atoms with Crippen LogP contribution in [0.1, 0.15) is 81.1 Å². The van der Waals surface area contributed by atoms with Crippen molar-refractivity contribution in [3.8, 4) is 0 Å². The van der Waals surface area contributed by atoms with E-state index in [4.69, 9.17) is 23.7 Å². The van der Waals surface area contributed by atoms with Gasteiger partial charge in [0.05, 0.1) is 17.3 Å². The molecule has 1 aliphatic heterocycles. The van der Waals surface area contributed by atoms with Crippen molar-refractivity contribution >= 4 is 29.8 Å². The number of fused-ring (bicyclic) bond motifs is 2. The molecule has 10 atom stereocenters. The van der Waals surface area contributed by atoms with Gasteiger partial charge in [-0.1, -0.05) is 38.5 Å². The molecule has 1 saturated heterocycles. The molecule has 3 aliphatic rings. The van der Waals surface area contributed by atoms with Gasteiger partial charge in [0.25, 0.3) is 0 Å². The van der Waals surface area contributed by atoms with Crippen molar-refractivity contribution in [3.05, 3.63) is 23.8 Å². The van der Waals surface area contributed by atoms with E-state index in [9.17, 15) is 29.1 Å². The SMILES string of the molecule is C=C1C[C@H](OC(C)=O)[C@H](OC(C)=O)[C@]2(C)[C@@H](OC(=O)C(C)CC)CC/C(C)=C\[C@@H]3OC(=O)[C@H](C)[C@@]3(O)[C@@H](OC(C)=O)[C@@H]12. The number of ether oxygens (including phenoxy) is 5. The first kappa shape index (κ1) is 33.3. The molecule has 234 valence electrons. The smallest absolute Gasteiger partial charge is 0.312 e. The maximum Gasteiger partial charge on any atom is 0.312 e. The third kappa shape index (κ3) is 6.11. The minimum absolute atomic E-state index is 0.0135. The summed E-state index contributed by atoms with van der Waals surface area (Å²) in [7, 11) is 0. The summed E-state index contributed by atoms with van der Waals surface area (Å²) in [4.78, 5) is 63.6. The summed E-state index contributed by atoms with van der Waals surface area (Å²) < 4.78 is 29.2. The van der Waals surface area contributed by atoms with Crippen molar-refractivity contribution in [2.75, 3.05) is 0 Å². The Kier molecular flexibility index (Phi) is 9.96. The van der Waals surface area contributed by atoms with Crippen LogP contribution in [-0.4, -0.2) is 71.1 Å². The van der Waals surface area contributed by atoms with E-state index in [2.05, 4.69) is 6.58 Å². The molecule has 11 heteroatoms. The van der Waals surface area contributed by atoms with Crippen LogP contribution >= 0.6 is 0 Å². The van der Waals surface area contributed by atoms with E-state index >= 15 is 0 Å². The Labute approximate surface area is 246 Å². The summed E-state index contributed by atoms with van der Waals surface area (Å²) >= 11 is 0. The van der Waals surface area contributed by atoms with Gasteiger partial charge in [-0.15, -0.1) is 0 Å². The Bertz CT molecular complexity index is 1160. The highest BCUT2D eigenvalue weighted by molar-refractivity contribution is 5.78. The van der Waals surface area contributed by atoms with Crippen LogP contribution in [0.4, 0.5) is 0 Å². The van der Waals surface area contributed by atoms with Crippen LogP contribution in [0.25, 0.3) is 0 Å². The summed E-state index contributed by atoms with van der Waals surface area (Å²) in [5.74, 6) is -5.85. The van der Waals surface area contributed by atoms with Crippen molar-refractivity contribution < 1.29 is 52.8 Å². The van der Waals surface area contributed by atoms with Gasteiger partial charge in [-0.2, -0.15) is 0 Å². The van der Waals surface area contributed by atoms with E-state index < -0.39 is 89.1 Å². The maximum absolute atomic E-state index is 13.3. The second-order valence-corrected chi connectivity index (χ2v) is 12.2. The van der Waals surface area contributed by atoms with E-state index in [0.717, 1.165) is 5.57 Å². The van der Waals surface area contributed by atoms with Gasteiger partial charge in [-0.25, -0.2) is 0 Å². The molecule has 1 unspecified atom stereocenters. The molecule has 11 nitrogen and oxygen atoms in total. The van der Waals surface area contributed by atoms with E-state index in [1.807, 2.05) is 6.92 Å². The quantitative estimate of drug-likeness (QED) is 0.275. The molecular formula is C31H44O11. The van der Waals surface area contributed by atoms with Crippen LogP contribution in [0.3, 0.4) is 0 Å². The second kappa shape index (κ2) is 12.6. The molecule has 0 bridgehead atoms. The average molecular weight is 593 g/mol. The van der Waals surface area contributed by atoms with Gasteiger partial charge in [0.2, 0.25) is 0 Å². The molecule has 2 aliphatic carbocycles. The van der Waals surface area contributed by atoms with Crippen LogP contribution < -0.4 is 0 Å². The Morgan fingerprint density at radius 3 is 2.19 bits per heavy atom. The van der Waals surface area contributed by atoms with E-state index in [1.54, 1.807) is 26.8 Å². The van der Waals surface area contributed by atoms with Crippen LogP contribution in [0.15, 0.2) is 23.8 Å². The lowest BCUT2D eigenvalue weighted by atomic mass is 9.54. The van der Waals surface area contributed by atoms with Gasteiger partial charge in [0, 0.05) is 33.1 Å². The zero-order valence-corrected chi connectivity index (χ0v) is 25.8. The molecule has 0 aromatic rings. The van der Waals surface area contributed by atoms with Gasteiger partial charge >= 0.3 is 29.8 Å². The zero-order chi connectivity index (χ0) is 31.7. The monoisotopic (exact) mass is 592 g/mol. The molecule has 2 fully saturated rings. The first-order valence-corrected chi connectivity index (χ1v) is 14.5. The third-order valence-electron chi connectivity index (χ3n) is 9.14. The summed E-state index contributed by atoms with van der Waals surface area (Å²) in [6, 6.07) is 0. The van der Waals surface area contributed by atoms with Crippen molar-refractivity contribution in [3.63, 3.8) is 0 Å². The van der Waals surface area contributed by atoms with Crippen molar-refractivity contribution in [1.82, 2.24) is 0 Å². The van der Waals surface area contributed by atoms with Crippen LogP contribution in [0.5, 0.6) is 0 Å². The molecule has 0 spiro atoms. The minimum atomic E-state index is -2.07. The molecule has 42 heavy (non-hydrogen) atoms.